The van der Waals surface area contributed by atoms with E-state index in [-0.39, 0.29) is 5.91 Å². The highest BCUT2D eigenvalue weighted by Gasteiger charge is 2.27. The molecule has 0 N–H and O–H groups in total. The van der Waals surface area contributed by atoms with Gasteiger partial charge in [-0.3, -0.25) is 9.69 Å². The quantitative estimate of drug-likeness (QED) is 0.835. The van der Waals surface area contributed by atoms with Crippen molar-refractivity contribution in [3.8, 4) is 0 Å². The van der Waals surface area contributed by atoms with Crippen LogP contribution in [0.5, 0.6) is 0 Å². The first kappa shape index (κ1) is 14.5. The van der Waals surface area contributed by atoms with Crippen molar-refractivity contribution in [3.05, 3.63) is 33.8 Å². The van der Waals surface area contributed by atoms with Gasteiger partial charge in [-0.2, -0.15) is 0 Å². The predicted molar refractivity (Wildman–Crippen MR) is 81.5 cm³/mol. The third-order valence-electron chi connectivity index (χ3n) is 3.89. The summed E-state index contributed by atoms with van der Waals surface area (Å²) in [6, 6.07) is 6.38. The minimum absolute atomic E-state index is 0.137. The number of rotatable bonds is 2. The molecule has 1 amide bonds. The van der Waals surface area contributed by atoms with Crippen LogP contribution in [-0.4, -0.2) is 48.4 Å². The van der Waals surface area contributed by atoms with Gasteiger partial charge in [0.25, 0.3) is 5.91 Å². The van der Waals surface area contributed by atoms with Crippen LogP contribution in [0, 0.1) is 6.92 Å². The number of aryl methyl sites for hydroxylation is 1. The fraction of sp³-hybridized carbons (Fsp3) is 0.533. The van der Waals surface area contributed by atoms with E-state index < -0.39 is 0 Å². The van der Waals surface area contributed by atoms with E-state index in [2.05, 4.69) is 34.8 Å². The van der Waals surface area contributed by atoms with E-state index in [0.29, 0.717) is 6.04 Å². The highest BCUT2D eigenvalue weighted by molar-refractivity contribution is 9.10. The van der Waals surface area contributed by atoms with Crippen molar-refractivity contribution in [2.45, 2.75) is 26.3 Å². The molecule has 3 nitrogen and oxygen atoms in total. The summed E-state index contributed by atoms with van der Waals surface area (Å²) in [6.07, 6.45) is 1.08. The van der Waals surface area contributed by atoms with Crippen LogP contribution in [0.25, 0.3) is 0 Å². The molecule has 0 aromatic heterocycles. The Kier molecular flexibility index (Phi) is 4.63. The Hall–Kier alpha value is -0.870. The van der Waals surface area contributed by atoms with Gasteiger partial charge in [-0.25, -0.2) is 0 Å². The summed E-state index contributed by atoms with van der Waals surface area (Å²) < 4.78 is 0.893. The number of piperazine rings is 1. The number of amides is 1. The van der Waals surface area contributed by atoms with Crippen LogP contribution in [0.3, 0.4) is 0 Å². The summed E-state index contributed by atoms with van der Waals surface area (Å²) in [4.78, 5) is 16.9. The highest BCUT2D eigenvalue weighted by atomic mass is 79.9. The van der Waals surface area contributed by atoms with Gasteiger partial charge in [0.1, 0.15) is 0 Å². The molecule has 1 aliphatic rings. The molecular weight excluding hydrogens is 304 g/mol. The molecular formula is C15H21BrN2O. The molecule has 19 heavy (non-hydrogen) atoms. The minimum atomic E-state index is 0.137. The largest absolute Gasteiger partial charge is 0.336 e. The maximum Gasteiger partial charge on any atom is 0.255 e. The van der Waals surface area contributed by atoms with Crippen molar-refractivity contribution in [3.63, 3.8) is 0 Å². The Labute approximate surface area is 123 Å². The van der Waals surface area contributed by atoms with Crippen molar-refractivity contribution < 1.29 is 4.79 Å². The maximum absolute atomic E-state index is 12.6. The van der Waals surface area contributed by atoms with Crippen molar-refractivity contribution in [1.29, 1.82) is 0 Å². The summed E-state index contributed by atoms with van der Waals surface area (Å²) in [5, 5.41) is 0. The average molecular weight is 325 g/mol. The lowest BCUT2D eigenvalue weighted by Crippen LogP contribution is -2.53. The van der Waals surface area contributed by atoms with Crippen molar-refractivity contribution >= 4 is 21.8 Å². The van der Waals surface area contributed by atoms with Crippen LogP contribution in [0.4, 0.5) is 0 Å². The Bertz CT molecular complexity index is 475. The second-order valence-corrected chi connectivity index (χ2v) is 6.13. The normalized spacial score (nSPS) is 20.6. The minimum Gasteiger partial charge on any atom is -0.336 e. The molecule has 1 aromatic rings. The van der Waals surface area contributed by atoms with Crippen molar-refractivity contribution in [2.24, 2.45) is 0 Å². The fourth-order valence-corrected chi connectivity index (χ4v) is 3.20. The number of nitrogens with zero attached hydrogens (tertiary/aromatic N) is 2. The summed E-state index contributed by atoms with van der Waals surface area (Å²) >= 11 is 3.50. The first-order valence-electron chi connectivity index (χ1n) is 6.78. The third-order valence-corrected chi connectivity index (χ3v) is 4.55. The van der Waals surface area contributed by atoms with Crippen LogP contribution in [0.1, 0.15) is 29.3 Å². The number of likely N-dealkylation sites (N-methyl/N-ethyl adjacent to an activating group) is 1. The maximum atomic E-state index is 12.6. The number of carbonyl (C=O) groups is 1. The molecule has 1 atom stereocenters. The van der Waals surface area contributed by atoms with E-state index in [1.165, 1.54) is 0 Å². The zero-order valence-corrected chi connectivity index (χ0v) is 13.4. The third kappa shape index (κ3) is 3.18. The molecule has 2 rings (SSSR count). The SMILES string of the molecule is CCC1CN(C(=O)c2ccc(C)cc2Br)CCN1C. The molecule has 1 saturated heterocycles. The molecule has 0 aliphatic carbocycles. The van der Waals surface area contributed by atoms with Crippen LogP contribution >= 0.6 is 15.9 Å². The monoisotopic (exact) mass is 324 g/mol. The van der Waals surface area contributed by atoms with E-state index in [4.69, 9.17) is 0 Å². The smallest absolute Gasteiger partial charge is 0.255 e. The number of hydrogen-bond donors (Lipinski definition) is 0. The van der Waals surface area contributed by atoms with E-state index in [1.807, 2.05) is 30.0 Å². The van der Waals surface area contributed by atoms with Crippen LogP contribution in [0.15, 0.2) is 22.7 Å². The molecule has 0 saturated carbocycles. The van der Waals surface area contributed by atoms with Gasteiger partial charge in [-0.1, -0.05) is 13.0 Å². The molecule has 1 unspecified atom stereocenters. The second-order valence-electron chi connectivity index (χ2n) is 5.28. The molecule has 0 radical (unpaired) electrons. The van der Waals surface area contributed by atoms with Gasteiger partial charge in [0.2, 0.25) is 0 Å². The Morgan fingerprint density at radius 3 is 2.79 bits per heavy atom. The number of benzene rings is 1. The first-order chi connectivity index (χ1) is 9.02. The fourth-order valence-electron chi connectivity index (χ4n) is 2.54. The second kappa shape index (κ2) is 6.06. The van der Waals surface area contributed by atoms with Gasteiger partial charge in [0.05, 0.1) is 5.56 Å². The lowest BCUT2D eigenvalue weighted by molar-refractivity contribution is 0.0541. The topological polar surface area (TPSA) is 23.6 Å². The number of carbonyl (C=O) groups excluding carboxylic acids is 1. The molecule has 1 fully saturated rings. The van der Waals surface area contributed by atoms with Crippen molar-refractivity contribution in [2.75, 3.05) is 26.7 Å². The van der Waals surface area contributed by atoms with Gasteiger partial charge in [0.15, 0.2) is 0 Å². The van der Waals surface area contributed by atoms with E-state index in [1.54, 1.807) is 0 Å². The lowest BCUT2D eigenvalue weighted by atomic mass is 10.1. The molecule has 0 bridgehead atoms. The zero-order valence-electron chi connectivity index (χ0n) is 11.8. The standard InChI is InChI=1S/C15H21BrN2O/c1-4-12-10-18(8-7-17(12)3)15(19)13-6-5-11(2)9-14(13)16/h5-6,9,12H,4,7-8,10H2,1-3H3. The lowest BCUT2D eigenvalue weighted by Gasteiger charge is -2.39. The van der Waals surface area contributed by atoms with Crippen LogP contribution in [0.2, 0.25) is 0 Å². The highest BCUT2D eigenvalue weighted by Crippen LogP contribution is 2.21. The zero-order chi connectivity index (χ0) is 14.0. The Morgan fingerprint density at radius 1 is 1.42 bits per heavy atom. The van der Waals surface area contributed by atoms with E-state index in [0.717, 1.165) is 41.7 Å². The predicted octanol–water partition coefficient (Wildman–Crippen LogP) is 2.92. The van der Waals surface area contributed by atoms with Crippen LogP contribution < -0.4 is 0 Å². The average Bonchev–Trinajstić information content (AvgIpc) is 2.38. The van der Waals surface area contributed by atoms with E-state index in [9.17, 15) is 4.79 Å². The van der Waals surface area contributed by atoms with Gasteiger partial charge in [-0.05, 0) is 54.0 Å². The van der Waals surface area contributed by atoms with Gasteiger partial charge in [0, 0.05) is 30.1 Å². The summed E-state index contributed by atoms with van der Waals surface area (Å²) in [6.45, 7) is 6.80. The number of halogens is 1. The van der Waals surface area contributed by atoms with Gasteiger partial charge in [-0.15, -0.1) is 0 Å². The summed E-state index contributed by atoms with van der Waals surface area (Å²) in [5.41, 5.74) is 1.93. The Balaban J connectivity index is 2.15. The van der Waals surface area contributed by atoms with Gasteiger partial charge < -0.3 is 4.90 Å². The molecule has 0 spiro atoms. The molecule has 4 heteroatoms. The van der Waals surface area contributed by atoms with Crippen LogP contribution in [-0.2, 0) is 0 Å². The van der Waals surface area contributed by atoms with Crippen molar-refractivity contribution in [1.82, 2.24) is 9.80 Å². The molecule has 104 valence electrons. The number of hydrogen-bond acceptors (Lipinski definition) is 2. The summed E-state index contributed by atoms with van der Waals surface area (Å²) in [7, 11) is 2.14. The van der Waals surface area contributed by atoms with Gasteiger partial charge >= 0.3 is 0 Å². The molecule has 1 heterocycles. The molecule has 1 aliphatic heterocycles. The molecule has 1 aromatic carbocycles. The van der Waals surface area contributed by atoms with E-state index >= 15 is 0 Å². The Morgan fingerprint density at radius 2 is 2.16 bits per heavy atom. The first-order valence-corrected chi connectivity index (χ1v) is 7.58. The summed E-state index contributed by atoms with van der Waals surface area (Å²) in [5.74, 6) is 0.137.